The van der Waals surface area contributed by atoms with Crippen molar-refractivity contribution in [3.63, 3.8) is 0 Å². The minimum atomic E-state index is -0.447. The smallest absolute Gasteiger partial charge is 0.491 e. The van der Waals surface area contributed by atoms with E-state index in [1.807, 2.05) is 138 Å². The third-order valence-electron chi connectivity index (χ3n) is 16.4. The number of carbonyl (C=O) groups excluding carboxylic acids is 4. The third-order valence-corrected chi connectivity index (χ3v) is 18.5. The van der Waals surface area contributed by atoms with Gasteiger partial charge in [-0.1, -0.05) is 114 Å². The molecule has 0 spiro atoms. The first kappa shape index (κ1) is 92.7. The number of ketones is 1. The second kappa shape index (κ2) is 42.9. The number of anilines is 4. The molecule has 4 N–H and O–H groups in total. The average Bonchev–Trinajstić information content (AvgIpc) is 1.65. The second-order valence-corrected chi connectivity index (χ2v) is 27.1. The number of pyridine rings is 2. The summed E-state index contributed by atoms with van der Waals surface area (Å²) in [5, 5.41) is 46.6. The number of rotatable bonds is 13. The summed E-state index contributed by atoms with van der Waals surface area (Å²) in [4.78, 5) is 61.7. The van der Waals surface area contributed by atoms with E-state index in [0.29, 0.717) is 77.3 Å². The van der Waals surface area contributed by atoms with E-state index in [-0.39, 0.29) is 84.9 Å². The molecule has 0 saturated carbocycles. The van der Waals surface area contributed by atoms with E-state index in [2.05, 4.69) is 104 Å². The molecule has 1 fully saturated rings. The maximum absolute atomic E-state index is 12.8. The summed E-state index contributed by atoms with van der Waals surface area (Å²) >= 11 is 13.5. The van der Waals surface area contributed by atoms with Crippen LogP contribution in [0.25, 0.3) is 11.1 Å². The first-order chi connectivity index (χ1) is 49.8. The van der Waals surface area contributed by atoms with Crippen LogP contribution in [0.1, 0.15) is 149 Å². The summed E-state index contributed by atoms with van der Waals surface area (Å²) in [6.45, 7) is 13.4. The van der Waals surface area contributed by atoms with Gasteiger partial charge >= 0.3 is 7.12 Å². The molecule has 10 heterocycles. The van der Waals surface area contributed by atoms with Crippen LogP contribution in [0.4, 0.5) is 22.7 Å². The minimum Gasteiger partial charge on any atom is -0.491 e. The van der Waals surface area contributed by atoms with Gasteiger partial charge in [-0.2, -0.15) is 36.2 Å². The summed E-state index contributed by atoms with van der Waals surface area (Å²) in [5.74, 6) is 2.01. The number of fused-ring (bicyclic) bond motifs is 3. The Hall–Kier alpha value is -10.5. The van der Waals surface area contributed by atoms with E-state index >= 15 is 0 Å². The highest BCUT2D eigenvalue weighted by atomic mass is 79.9. The number of aromatic nitrogens is 10. The number of alkyl halides is 1. The Bertz CT molecular complexity index is 4790. The van der Waals surface area contributed by atoms with Crippen molar-refractivity contribution in [2.45, 2.75) is 134 Å². The SMILES string of the molecule is C.C.C.C.C.CC(=O)c1ccc(Br)cc1CBr.CCC#N.COc1cc(-c2ccc3c(c2)CN(c2cnn(CC#N)c2)C3=O)cnc1OC.COc1cc(B2OC(C)(C)C(C)(C)O2)cnc1OC.N#CCn1cc(N2Cc3cc(Br)ccc3C2=O)cn1.Nc1cn[nH]c1.O=C1c2ccc(Br)cc2CN1c1cn[nH]c1. The highest BCUT2D eigenvalue weighted by Crippen LogP contribution is 2.39. The molecular formula is C77H92BBr4N17O10. The van der Waals surface area contributed by atoms with Crippen LogP contribution >= 0.6 is 63.7 Å². The molecule has 0 bridgehead atoms. The number of methoxy groups -OCH3 is 4. The molecule has 4 aliphatic heterocycles. The summed E-state index contributed by atoms with van der Waals surface area (Å²) in [5.41, 5.74) is 16.8. The Morgan fingerprint density at radius 2 is 1.01 bits per heavy atom. The van der Waals surface area contributed by atoms with E-state index in [1.165, 1.54) is 9.36 Å². The van der Waals surface area contributed by atoms with Gasteiger partial charge in [-0.25, -0.2) is 9.97 Å². The van der Waals surface area contributed by atoms with E-state index in [0.717, 1.165) is 74.6 Å². The van der Waals surface area contributed by atoms with Gasteiger partial charge in [-0.05, 0) is 141 Å². The van der Waals surface area contributed by atoms with E-state index in [4.69, 9.17) is 49.8 Å². The van der Waals surface area contributed by atoms with E-state index in [1.54, 1.807) is 112 Å². The summed E-state index contributed by atoms with van der Waals surface area (Å²) < 4.78 is 38.8. The molecule has 32 heteroatoms. The molecule has 576 valence electrons. The first-order valence-corrected chi connectivity index (χ1v) is 35.3. The number of nitrogens with zero attached hydrogens (tertiary/aromatic N) is 14. The molecule has 0 unspecified atom stereocenters. The Morgan fingerprint density at radius 1 is 0.569 bits per heavy atom. The van der Waals surface area contributed by atoms with Crippen LogP contribution in [0.3, 0.4) is 0 Å². The lowest BCUT2D eigenvalue weighted by molar-refractivity contribution is 0.00578. The molecule has 0 aliphatic carbocycles. The van der Waals surface area contributed by atoms with Crippen molar-refractivity contribution < 1.29 is 47.4 Å². The van der Waals surface area contributed by atoms with Gasteiger partial charge in [0, 0.05) is 95.6 Å². The summed E-state index contributed by atoms with van der Waals surface area (Å²) in [6, 6.07) is 32.4. The number of ether oxygens (including phenoxy) is 4. The zero-order valence-electron chi connectivity index (χ0n) is 58.3. The number of H-pyrrole nitrogens is 2. The fraction of sp³-hybridized carbons (Fsp3) is 0.312. The molecular weight excluding hydrogens is 1650 g/mol. The molecule has 6 aromatic heterocycles. The fourth-order valence-corrected chi connectivity index (χ4v) is 12.1. The number of aromatic amines is 2. The molecule has 1 saturated heterocycles. The maximum Gasteiger partial charge on any atom is 0.496 e. The van der Waals surface area contributed by atoms with Crippen LogP contribution in [0.2, 0.25) is 0 Å². The van der Waals surface area contributed by atoms with Crippen LogP contribution in [0.5, 0.6) is 23.3 Å². The number of nitrogens with one attached hydrogen (secondary N) is 2. The summed E-state index contributed by atoms with van der Waals surface area (Å²) in [6.07, 6.45) is 17.2. The van der Waals surface area contributed by atoms with Crippen molar-refractivity contribution in [3.05, 3.63) is 205 Å². The first-order valence-electron chi connectivity index (χ1n) is 31.8. The standard InChI is InChI=1S/C20H17N5O3.C13H20BNO4.C13H9BrN4O.C11H8BrN3O.C9H8Br2O.C3H5N3.C3H5N.5CH4/c1-27-18-8-14(9-22-19(18)28-2)13-3-4-17-15(7-13)11-25(20(17)26)16-10-23-24(12-16)6-5-21;1-12(2)13(3,4)19-14(18-12)9-7-10(16-5)11(17-6)15-8-9;14-10-1-2-12-9(5-10)7-18(13(12)19)11-6-16-17(8-11)4-3-15;12-8-1-2-10-7(3-8)6-15(11(10)16)9-4-13-14-5-9;1-6(12)9-3-2-8(11)4-7(9)5-10;4-3-1-5-6-2-3;1-2-3-4;;;;;/h3-4,7-10,12H,6,11H2,1-2H3;7-8H,1-6H3;1-2,5-6,8H,4,7H2;1-5H,6H2,(H,13,14);2-4H,5H2,1H3;1-2H,4H2,(H,5,6);2H2,1H3;5*1H4. The van der Waals surface area contributed by atoms with Crippen molar-refractivity contribution >= 4 is 123 Å². The molecule has 10 aromatic rings. The highest BCUT2D eigenvalue weighted by molar-refractivity contribution is 9.11. The Balaban J connectivity index is 0.000000345. The van der Waals surface area contributed by atoms with Crippen molar-refractivity contribution in [1.29, 1.82) is 15.8 Å². The molecule has 3 amide bonds. The van der Waals surface area contributed by atoms with Crippen molar-refractivity contribution in [1.82, 2.24) is 49.9 Å². The van der Waals surface area contributed by atoms with Gasteiger partial charge in [0.1, 0.15) is 13.1 Å². The van der Waals surface area contributed by atoms with Crippen molar-refractivity contribution in [2.24, 2.45) is 0 Å². The molecule has 4 aliphatic rings. The van der Waals surface area contributed by atoms with E-state index in [9.17, 15) is 19.2 Å². The van der Waals surface area contributed by atoms with Crippen molar-refractivity contribution in [2.75, 3.05) is 48.9 Å². The predicted molar refractivity (Wildman–Crippen MR) is 439 cm³/mol. The number of nitriles is 3. The monoisotopic (exact) mass is 1740 g/mol. The number of carbonyl (C=O) groups is 4. The molecule has 109 heavy (non-hydrogen) atoms. The largest absolute Gasteiger partial charge is 0.496 e. The number of Topliss-reactive ketones (excluding diaryl/α,β-unsaturated/α-hetero) is 1. The number of amides is 3. The zero-order chi connectivity index (χ0) is 75.4. The van der Waals surface area contributed by atoms with Crippen LogP contribution in [0, 0.1) is 34.0 Å². The minimum absolute atomic E-state index is 0. The molecule has 0 atom stereocenters. The molecule has 14 rings (SSSR count). The predicted octanol–water partition coefficient (Wildman–Crippen LogP) is 16.3. The van der Waals surface area contributed by atoms with Gasteiger partial charge in [-0.3, -0.25) is 38.7 Å². The molecule has 27 nitrogen and oxygen atoms in total. The van der Waals surface area contributed by atoms with Gasteiger partial charge in [0.25, 0.3) is 29.5 Å². The number of nitrogen functional groups attached to an aromatic ring is 1. The lowest BCUT2D eigenvalue weighted by Crippen LogP contribution is -2.41. The van der Waals surface area contributed by atoms with Gasteiger partial charge < -0.3 is 48.7 Å². The van der Waals surface area contributed by atoms with Crippen LogP contribution in [0.15, 0.2) is 160 Å². The third kappa shape index (κ3) is 23.3. The Labute approximate surface area is 671 Å². The topological polar surface area (TPSA) is 350 Å². The van der Waals surface area contributed by atoms with Gasteiger partial charge in [0.15, 0.2) is 17.3 Å². The van der Waals surface area contributed by atoms with Gasteiger partial charge in [0.2, 0.25) is 0 Å². The zero-order valence-corrected chi connectivity index (χ0v) is 64.7. The number of benzene rings is 4. The number of nitrogens with two attached hydrogens (primary N) is 1. The van der Waals surface area contributed by atoms with Crippen molar-refractivity contribution in [3.8, 4) is 52.6 Å². The second-order valence-electron chi connectivity index (χ2n) is 23.8. The van der Waals surface area contributed by atoms with Gasteiger partial charge in [-0.15, -0.1) is 0 Å². The van der Waals surface area contributed by atoms with Gasteiger partial charge in [0.05, 0.1) is 125 Å². The van der Waals surface area contributed by atoms with Crippen LogP contribution < -0.4 is 44.8 Å². The normalized spacial score (nSPS) is 13.0. The lowest BCUT2D eigenvalue weighted by atomic mass is 9.80. The Kier molecular flexibility index (Phi) is 36.5. The quantitative estimate of drug-likeness (QED) is 0.0548. The Morgan fingerprint density at radius 3 is 1.42 bits per heavy atom. The molecule has 0 radical (unpaired) electrons. The number of halogens is 4. The summed E-state index contributed by atoms with van der Waals surface area (Å²) in [7, 11) is 5.79. The number of hydrogen-bond acceptors (Lipinski definition) is 20. The number of hydrogen-bond donors (Lipinski definition) is 3. The average molecular weight is 1750 g/mol. The lowest BCUT2D eigenvalue weighted by Gasteiger charge is -2.32. The highest BCUT2D eigenvalue weighted by Gasteiger charge is 2.52. The van der Waals surface area contributed by atoms with E-state index < -0.39 is 7.12 Å². The van der Waals surface area contributed by atoms with Crippen LogP contribution in [-0.4, -0.2) is 120 Å². The van der Waals surface area contributed by atoms with Crippen LogP contribution in [-0.2, 0) is 47.4 Å². The fourth-order valence-electron chi connectivity index (χ4n) is 10.4. The molecule has 4 aromatic carbocycles. The maximum atomic E-state index is 12.8.